The maximum atomic E-state index is 13.1. The lowest BCUT2D eigenvalue weighted by atomic mass is 10.0. The van der Waals surface area contributed by atoms with E-state index in [1.165, 1.54) is 12.1 Å². The third-order valence-electron chi connectivity index (χ3n) is 6.84. The summed E-state index contributed by atoms with van der Waals surface area (Å²) in [5, 5.41) is 2.71. The van der Waals surface area contributed by atoms with Crippen LogP contribution in [-0.4, -0.2) is 83.4 Å². The number of anilines is 2. The number of rotatable bonds is 15. The van der Waals surface area contributed by atoms with Crippen molar-refractivity contribution in [3.05, 3.63) is 71.4 Å². The number of morpholine rings is 1. The highest BCUT2D eigenvalue weighted by molar-refractivity contribution is 6.04. The standard InChI is InChI=1S/C33H36F3N3O6/c1-3-11-41-14-15-43-16-17-44-18-19-45-32-30(39-9-12-42-13-10-39)21-26(23-37-32)29-22-28(8-7-24(29)2)38-31(40)25-5-4-6-27(20-25)33(34,35)36/h1,4-8,20-23H,9-19H2,2H3,(H,38,40). The number of nitrogens with one attached hydrogen (secondary N) is 1. The van der Waals surface area contributed by atoms with Gasteiger partial charge in [-0.15, -0.1) is 6.42 Å². The molecule has 12 heteroatoms. The van der Waals surface area contributed by atoms with Crippen molar-refractivity contribution in [3.63, 3.8) is 0 Å². The van der Waals surface area contributed by atoms with Crippen molar-refractivity contribution in [2.75, 3.05) is 82.8 Å². The van der Waals surface area contributed by atoms with Crippen molar-refractivity contribution < 1.29 is 41.7 Å². The van der Waals surface area contributed by atoms with Gasteiger partial charge in [0.1, 0.15) is 18.9 Å². The van der Waals surface area contributed by atoms with Crippen molar-refractivity contribution in [3.8, 4) is 29.4 Å². The van der Waals surface area contributed by atoms with Crippen LogP contribution >= 0.6 is 0 Å². The summed E-state index contributed by atoms with van der Waals surface area (Å²) < 4.78 is 67.1. The molecule has 2 aromatic carbocycles. The third kappa shape index (κ3) is 10.2. The largest absolute Gasteiger partial charge is 0.474 e. The summed E-state index contributed by atoms with van der Waals surface area (Å²) in [6, 6.07) is 11.6. The van der Waals surface area contributed by atoms with Gasteiger partial charge in [-0.05, 0) is 54.4 Å². The minimum Gasteiger partial charge on any atom is -0.474 e. The Labute approximate surface area is 260 Å². The number of ether oxygens (including phenoxy) is 5. The van der Waals surface area contributed by atoms with Crippen molar-refractivity contribution in [2.45, 2.75) is 13.1 Å². The Bertz CT molecular complexity index is 1450. The van der Waals surface area contributed by atoms with Crippen LogP contribution in [0.2, 0.25) is 0 Å². The number of pyridine rings is 1. The molecule has 2 heterocycles. The highest BCUT2D eigenvalue weighted by Gasteiger charge is 2.31. The minimum absolute atomic E-state index is 0.0908. The van der Waals surface area contributed by atoms with Crippen LogP contribution in [0.5, 0.6) is 5.88 Å². The van der Waals surface area contributed by atoms with Crippen LogP contribution in [0.25, 0.3) is 11.1 Å². The highest BCUT2D eigenvalue weighted by atomic mass is 19.4. The average molecular weight is 628 g/mol. The maximum absolute atomic E-state index is 13.1. The van der Waals surface area contributed by atoms with Gasteiger partial charge in [-0.25, -0.2) is 4.98 Å². The van der Waals surface area contributed by atoms with E-state index in [1.54, 1.807) is 18.3 Å². The number of terminal acetylenes is 1. The third-order valence-corrected chi connectivity index (χ3v) is 6.84. The van der Waals surface area contributed by atoms with E-state index < -0.39 is 17.6 Å². The summed E-state index contributed by atoms with van der Waals surface area (Å²) in [5.74, 6) is 2.20. The van der Waals surface area contributed by atoms with Gasteiger partial charge in [0, 0.05) is 36.1 Å². The smallest absolute Gasteiger partial charge is 0.416 e. The van der Waals surface area contributed by atoms with Gasteiger partial charge >= 0.3 is 6.18 Å². The first kappa shape index (κ1) is 33.7. The monoisotopic (exact) mass is 627 g/mol. The molecule has 0 spiro atoms. The van der Waals surface area contributed by atoms with Crippen molar-refractivity contribution in [1.29, 1.82) is 0 Å². The molecule has 1 aliphatic heterocycles. The number of nitrogens with zero attached hydrogens (tertiary/aromatic N) is 2. The number of carbonyl (C=O) groups is 1. The first-order valence-electron chi connectivity index (χ1n) is 14.5. The molecule has 3 aromatic rings. The number of halogens is 3. The first-order chi connectivity index (χ1) is 21.8. The number of aryl methyl sites for hydroxylation is 1. The van der Waals surface area contributed by atoms with Gasteiger partial charge in [0.05, 0.1) is 51.8 Å². The second-order valence-electron chi connectivity index (χ2n) is 10.0. The van der Waals surface area contributed by atoms with Crippen LogP contribution in [0.15, 0.2) is 54.7 Å². The quantitative estimate of drug-likeness (QED) is 0.181. The SMILES string of the molecule is C#CCOCCOCCOCCOc1ncc(-c2cc(NC(=O)c3cccc(C(F)(F)F)c3)ccc2C)cc1N1CCOCC1. The molecule has 45 heavy (non-hydrogen) atoms. The summed E-state index contributed by atoms with van der Waals surface area (Å²) in [6.07, 6.45) is 2.27. The fraction of sp³-hybridized carbons (Fsp3) is 0.394. The molecular weight excluding hydrogens is 591 g/mol. The van der Waals surface area contributed by atoms with Crippen molar-refractivity contribution >= 4 is 17.3 Å². The van der Waals surface area contributed by atoms with Crippen LogP contribution in [0.1, 0.15) is 21.5 Å². The molecule has 1 fully saturated rings. The molecule has 0 saturated carbocycles. The van der Waals surface area contributed by atoms with Crippen LogP contribution < -0.4 is 15.0 Å². The molecule has 1 aromatic heterocycles. The first-order valence-corrected chi connectivity index (χ1v) is 14.5. The van der Waals surface area contributed by atoms with Crippen LogP contribution in [0, 0.1) is 19.3 Å². The van der Waals surface area contributed by atoms with Crippen LogP contribution in [-0.2, 0) is 25.1 Å². The van der Waals surface area contributed by atoms with Crippen LogP contribution in [0.4, 0.5) is 24.5 Å². The van der Waals surface area contributed by atoms with Gasteiger partial charge in [-0.3, -0.25) is 4.79 Å². The molecule has 1 N–H and O–H groups in total. The maximum Gasteiger partial charge on any atom is 0.416 e. The zero-order valence-corrected chi connectivity index (χ0v) is 25.0. The van der Waals surface area contributed by atoms with Gasteiger partial charge in [-0.2, -0.15) is 13.2 Å². The zero-order chi connectivity index (χ0) is 32.1. The Kier molecular flexibility index (Phi) is 12.6. The topological polar surface area (TPSA) is 91.4 Å². The lowest BCUT2D eigenvalue weighted by Crippen LogP contribution is -2.36. The summed E-state index contributed by atoms with van der Waals surface area (Å²) >= 11 is 0. The number of alkyl halides is 3. The van der Waals surface area contributed by atoms with Crippen molar-refractivity contribution in [1.82, 2.24) is 4.98 Å². The Morgan fingerprint density at radius 2 is 1.71 bits per heavy atom. The molecule has 9 nitrogen and oxygen atoms in total. The molecular formula is C33H36F3N3O6. The van der Waals surface area contributed by atoms with E-state index in [9.17, 15) is 18.0 Å². The lowest BCUT2D eigenvalue weighted by Gasteiger charge is -2.30. The fourth-order valence-corrected chi connectivity index (χ4v) is 4.55. The van der Waals surface area contributed by atoms with Crippen LogP contribution in [0.3, 0.4) is 0 Å². The van der Waals surface area contributed by atoms with E-state index in [-0.39, 0.29) is 18.8 Å². The molecule has 0 unspecified atom stereocenters. The summed E-state index contributed by atoms with van der Waals surface area (Å²) in [6.45, 7) is 6.95. The van der Waals surface area contributed by atoms with Gasteiger partial charge < -0.3 is 33.9 Å². The predicted molar refractivity (Wildman–Crippen MR) is 164 cm³/mol. The molecule has 4 rings (SSSR count). The Balaban J connectivity index is 1.42. The second kappa shape index (κ2) is 16.8. The van der Waals surface area contributed by atoms with Gasteiger partial charge in [0.2, 0.25) is 5.88 Å². The molecule has 0 aliphatic carbocycles. The Morgan fingerprint density at radius 3 is 2.42 bits per heavy atom. The number of benzene rings is 2. The highest BCUT2D eigenvalue weighted by Crippen LogP contribution is 2.35. The van der Waals surface area contributed by atoms with Gasteiger partial charge in [-0.1, -0.05) is 18.1 Å². The number of aromatic nitrogens is 1. The predicted octanol–water partition coefficient (Wildman–Crippen LogP) is 5.23. The summed E-state index contributed by atoms with van der Waals surface area (Å²) in [7, 11) is 0. The van der Waals surface area contributed by atoms with Gasteiger partial charge in [0.25, 0.3) is 5.91 Å². The molecule has 0 atom stereocenters. The van der Waals surface area contributed by atoms with E-state index in [1.807, 2.05) is 19.1 Å². The van der Waals surface area contributed by atoms with Crippen molar-refractivity contribution in [2.24, 2.45) is 0 Å². The molecule has 1 saturated heterocycles. The summed E-state index contributed by atoms with van der Waals surface area (Å²) in [4.78, 5) is 19.6. The Hall–Kier alpha value is -4.15. The number of hydrogen-bond donors (Lipinski definition) is 1. The van der Waals surface area contributed by atoms with E-state index in [0.29, 0.717) is 70.9 Å². The van der Waals surface area contributed by atoms with E-state index in [0.717, 1.165) is 34.5 Å². The normalized spacial score (nSPS) is 13.4. The molecule has 0 radical (unpaired) electrons. The molecule has 1 amide bonds. The molecule has 0 bridgehead atoms. The zero-order valence-electron chi connectivity index (χ0n) is 25.0. The van der Waals surface area contributed by atoms with E-state index >= 15 is 0 Å². The number of hydrogen-bond acceptors (Lipinski definition) is 8. The van der Waals surface area contributed by atoms with Gasteiger partial charge in [0.15, 0.2) is 0 Å². The van der Waals surface area contributed by atoms with E-state index in [2.05, 4.69) is 21.1 Å². The lowest BCUT2D eigenvalue weighted by molar-refractivity contribution is -0.137. The number of amides is 1. The Morgan fingerprint density at radius 1 is 1.00 bits per heavy atom. The van der Waals surface area contributed by atoms with E-state index in [4.69, 9.17) is 30.1 Å². The molecule has 240 valence electrons. The minimum atomic E-state index is -4.55. The fourth-order valence-electron chi connectivity index (χ4n) is 4.55. The second-order valence-corrected chi connectivity index (χ2v) is 10.0. The average Bonchev–Trinajstić information content (AvgIpc) is 3.04. The molecule has 1 aliphatic rings. The summed E-state index contributed by atoms with van der Waals surface area (Å²) in [5.41, 5.74) is 2.77. The number of carbonyl (C=O) groups excluding carboxylic acids is 1.